The summed E-state index contributed by atoms with van der Waals surface area (Å²) < 4.78 is 0. The number of carboxylic acid groups (broad SMARTS) is 1. The summed E-state index contributed by atoms with van der Waals surface area (Å²) in [5.74, 6) is -0.149. The zero-order valence-electron chi connectivity index (χ0n) is 10.7. The van der Waals surface area contributed by atoms with Crippen LogP contribution in [-0.2, 0) is 16.0 Å². The summed E-state index contributed by atoms with van der Waals surface area (Å²) in [4.78, 5) is 22.4. The highest BCUT2D eigenvalue weighted by Gasteiger charge is 2.31. The van der Waals surface area contributed by atoms with Crippen molar-refractivity contribution in [2.45, 2.75) is 38.0 Å². The van der Waals surface area contributed by atoms with Crippen LogP contribution in [0.4, 0.5) is 5.69 Å². The van der Waals surface area contributed by atoms with Gasteiger partial charge in [-0.15, -0.1) is 0 Å². The molecule has 1 amide bonds. The minimum Gasteiger partial charge on any atom is -0.481 e. The van der Waals surface area contributed by atoms with Crippen LogP contribution in [0.2, 0.25) is 0 Å². The second kappa shape index (κ2) is 4.68. The summed E-state index contributed by atoms with van der Waals surface area (Å²) in [6.07, 6.45) is 4.03. The summed E-state index contributed by atoms with van der Waals surface area (Å²) in [5, 5.41) is 11.9. The van der Waals surface area contributed by atoms with Gasteiger partial charge in [-0.2, -0.15) is 0 Å². The molecule has 0 bridgehead atoms. The number of carbonyl (C=O) groups is 2. The van der Waals surface area contributed by atoms with Crippen molar-refractivity contribution in [1.29, 1.82) is 0 Å². The molecule has 0 spiro atoms. The maximum Gasteiger partial charge on any atom is 0.303 e. The van der Waals surface area contributed by atoms with Crippen LogP contribution in [0, 0.1) is 5.92 Å². The number of carbonyl (C=O) groups excluding carboxylic acids is 1. The van der Waals surface area contributed by atoms with E-state index in [0.717, 1.165) is 29.7 Å². The number of hydrogen-bond acceptors (Lipinski definition) is 2. The second-order valence-corrected chi connectivity index (χ2v) is 5.54. The van der Waals surface area contributed by atoms with Crippen LogP contribution in [-0.4, -0.2) is 17.0 Å². The van der Waals surface area contributed by atoms with Crippen molar-refractivity contribution in [2.24, 2.45) is 5.92 Å². The maximum absolute atomic E-state index is 11.4. The Morgan fingerprint density at radius 2 is 2.21 bits per heavy atom. The van der Waals surface area contributed by atoms with Gasteiger partial charge in [0.15, 0.2) is 0 Å². The molecule has 4 nitrogen and oxygen atoms in total. The SMILES string of the molecule is O=C(O)CC(c1ccc2c(c1)CC(=O)N2)C1CCC1. The molecule has 2 N–H and O–H groups in total. The lowest BCUT2D eigenvalue weighted by Crippen LogP contribution is -2.22. The van der Waals surface area contributed by atoms with Crippen molar-refractivity contribution in [3.05, 3.63) is 29.3 Å². The number of anilines is 1. The van der Waals surface area contributed by atoms with E-state index in [1.807, 2.05) is 18.2 Å². The third-order valence-corrected chi connectivity index (χ3v) is 4.30. The molecule has 2 aliphatic rings. The summed E-state index contributed by atoms with van der Waals surface area (Å²) in [6, 6.07) is 5.89. The molecule has 1 aromatic rings. The van der Waals surface area contributed by atoms with Crippen molar-refractivity contribution in [2.75, 3.05) is 5.32 Å². The molecule has 1 aliphatic heterocycles. The van der Waals surface area contributed by atoms with Gasteiger partial charge in [-0.25, -0.2) is 0 Å². The molecule has 1 atom stereocenters. The number of aliphatic carboxylic acids is 1. The summed E-state index contributed by atoms with van der Waals surface area (Å²) in [7, 11) is 0. The van der Waals surface area contributed by atoms with Crippen LogP contribution in [0.3, 0.4) is 0 Å². The first-order valence-corrected chi connectivity index (χ1v) is 6.78. The first kappa shape index (κ1) is 12.2. The number of carboxylic acids is 1. The highest BCUT2D eigenvalue weighted by molar-refractivity contribution is 5.99. The fraction of sp³-hybridized carbons (Fsp3) is 0.467. The number of hydrogen-bond donors (Lipinski definition) is 2. The van der Waals surface area contributed by atoms with Gasteiger partial charge >= 0.3 is 5.97 Å². The first-order valence-electron chi connectivity index (χ1n) is 6.78. The lowest BCUT2D eigenvalue weighted by Gasteiger charge is -2.33. The number of benzene rings is 1. The number of amides is 1. The predicted molar refractivity (Wildman–Crippen MR) is 71.1 cm³/mol. The number of rotatable bonds is 4. The van der Waals surface area contributed by atoms with Gasteiger partial charge in [0, 0.05) is 5.69 Å². The van der Waals surface area contributed by atoms with Crippen LogP contribution >= 0.6 is 0 Å². The fourth-order valence-electron chi connectivity index (χ4n) is 3.07. The Balaban J connectivity index is 1.88. The Morgan fingerprint density at radius 1 is 1.42 bits per heavy atom. The Labute approximate surface area is 111 Å². The molecule has 1 heterocycles. The van der Waals surface area contributed by atoms with Gasteiger partial charge in [0.1, 0.15) is 0 Å². The van der Waals surface area contributed by atoms with E-state index in [1.54, 1.807) is 0 Å². The molecular weight excluding hydrogens is 242 g/mol. The van der Waals surface area contributed by atoms with Crippen molar-refractivity contribution in [3.8, 4) is 0 Å². The van der Waals surface area contributed by atoms with E-state index in [1.165, 1.54) is 6.42 Å². The van der Waals surface area contributed by atoms with Crippen molar-refractivity contribution >= 4 is 17.6 Å². The summed E-state index contributed by atoms with van der Waals surface area (Å²) in [5.41, 5.74) is 2.94. The zero-order valence-corrected chi connectivity index (χ0v) is 10.7. The third kappa shape index (κ3) is 2.35. The lowest BCUT2D eigenvalue weighted by molar-refractivity contribution is -0.138. The molecule has 100 valence electrons. The lowest BCUT2D eigenvalue weighted by atomic mass is 9.71. The normalized spacial score (nSPS) is 19.5. The smallest absolute Gasteiger partial charge is 0.303 e. The Hall–Kier alpha value is -1.84. The molecule has 0 aromatic heterocycles. The van der Waals surface area contributed by atoms with Crippen LogP contribution in [0.25, 0.3) is 0 Å². The van der Waals surface area contributed by atoms with Crippen LogP contribution in [0.5, 0.6) is 0 Å². The van der Waals surface area contributed by atoms with Gasteiger partial charge in [-0.3, -0.25) is 9.59 Å². The molecule has 19 heavy (non-hydrogen) atoms. The van der Waals surface area contributed by atoms with E-state index < -0.39 is 5.97 Å². The number of fused-ring (bicyclic) bond motifs is 1. The quantitative estimate of drug-likeness (QED) is 0.873. The molecular formula is C15H17NO3. The topological polar surface area (TPSA) is 66.4 Å². The van der Waals surface area contributed by atoms with E-state index >= 15 is 0 Å². The first-order chi connectivity index (χ1) is 9.13. The molecule has 0 saturated heterocycles. The van der Waals surface area contributed by atoms with Crippen LogP contribution in [0.1, 0.15) is 42.7 Å². The van der Waals surface area contributed by atoms with Crippen LogP contribution < -0.4 is 5.32 Å². The highest BCUT2D eigenvalue weighted by atomic mass is 16.4. The highest BCUT2D eigenvalue weighted by Crippen LogP contribution is 2.42. The third-order valence-electron chi connectivity index (χ3n) is 4.30. The number of nitrogens with one attached hydrogen (secondary N) is 1. The molecule has 1 unspecified atom stereocenters. The van der Waals surface area contributed by atoms with E-state index in [0.29, 0.717) is 12.3 Å². The van der Waals surface area contributed by atoms with Gasteiger partial charge < -0.3 is 10.4 Å². The fourth-order valence-corrected chi connectivity index (χ4v) is 3.07. The van der Waals surface area contributed by atoms with E-state index in [-0.39, 0.29) is 18.2 Å². The van der Waals surface area contributed by atoms with Crippen LogP contribution in [0.15, 0.2) is 18.2 Å². The molecule has 3 rings (SSSR count). The van der Waals surface area contributed by atoms with Gasteiger partial charge in [0.2, 0.25) is 5.91 Å². The van der Waals surface area contributed by atoms with E-state index in [2.05, 4.69) is 5.32 Å². The van der Waals surface area contributed by atoms with Crippen molar-refractivity contribution in [1.82, 2.24) is 0 Å². The molecule has 0 radical (unpaired) electrons. The average Bonchev–Trinajstić information content (AvgIpc) is 2.64. The Kier molecular flexibility index (Phi) is 3.01. The Morgan fingerprint density at radius 3 is 2.84 bits per heavy atom. The Bertz CT molecular complexity index is 534. The maximum atomic E-state index is 11.4. The summed E-state index contributed by atoms with van der Waals surface area (Å²) in [6.45, 7) is 0. The van der Waals surface area contributed by atoms with E-state index in [4.69, 9.17) is 5.11 Å². The minimum absolute atomic E-state index is 0.0191. The van der Waals surface area contributed by atoms with Crippen molar-refractivity contribution < 1.29 is 14.7 Å². The monoisotopic (exact) mass is 259 g/mol. The van der Waals surface area contributed by atoms with Gasteiger partial charge in [-0.05, 0) is 41.9 Å². The van der Waals surface area contributed by atoms with Gasteiger partial charge in [0.25, 0.3) is 0 Å². The largest absolute Gasteiger partial charge is 0.481 e. The molecule has 1 saturated carbocycles. The van der Waals surface area contributed by atoms with Gasteiger partial charge in [-0.1, -0.05) is 18.6 Å². The molecule has 1 aromatic carbocycles. The summed E-state index contributed by atoms with van der Waals surface area (Å²) >= 11 is 0. The zero-order chi connectivity index (χ0) is 13.4. The molecule has 1 aliphatic carbocycles. The van der Waals surface area contributed by atoms with E-state index in [9.17, 15) is 9.59 Å². The van der Waals surface area contributed by atoms with Crippen molar-refractivity contribution in [3.63, 3.8) is 0 Å². The second-order valence-electron chi connectivity index (χ2n) is 5.54. The average molecular weight is 259 g/mol. The van der Waals surface area contributed by atoms with Gasteiger partial charge in [0.05, 0.1) is 12.8 Å². The molecule has 4 heteroatoms. The predicted octanol–water partition coefficient (Wildman–Crippen LogP) is 2.54. The minimum atomic E-state index is -0.744. The molecule has 1 fully saturated rings. The standard InChI is InChI=1S/C15H17NO3/c17-14-7-11-6-10(4-5-13(11)16-14)12(8-15(18)19)9-2-1-3-9/h4-6,9,12H,1-3,7-8H2,(H,16,17)(H,18,19).